The minimum atomic E-state index is 0.160. The lowest BCUT2D eigenvalue weighted by atomic mass is 10.1. The molecule has 0 aliphatic rings. The maximum atomic E-state index is 5.23. The predicted molar refractivity (Wildman–Crippen MR) is 72.9 cm³/mol. The number of hydrogen-bond acceptors (Lipinski definition) is 3. The van der Waals surface area contributed by atoms with Crippen LogP contribution in [0.2, 0.25) is 0 Å². The number of ether oxygens (including phenoxy) is 1. The number of rotatable bonds is 5. The molecular formula is C12H19N3OS. The summed E-state index contributed by atoms with van der Waals surface area (Å²) in [7, 11) is 1.67. The number of nitrogens with one attached hydrogen (secondary N) is 2. The first-order valence-electron chi connectivity index (χ1n) is 5.59. The van der Waals surface area contributed by atoms with Gasteiger partial charge in [0.15, 0.2) is 5.11 Å². The molecule has 0 fully saturated rings. The number of pyridine rings is 1. The van der Waals surface area contributed by atoms with Gasteiger partial charge in [-0.05, 0) is 43.8 Å². The van der Waals surface area contributed by atoms with Crippen molar-refractivity contribution >= 4 is 17.3 Å². The van der Waals surface area contributed by atoms with Crippen molar-refractivity contribution in [3.05, 3.63) is 30.1 Å². The maximum Gasteiger partial charge on any atom is 0.167 e. The Labute approximate surface area is 108 Å². The topological polar surface area (TPSA) is 46.2 Å². The van der Waals surface area contributed by atoms with E-state index in [-0.39, 0.29) is 12.1 Å². The van der Waals surface area contributed by atoms with Crippen LogP contribution in [-0.4, -0.2) is 29.9 Å². The monoisotopic (exact) mass is 253 g/mol. The molecule has 0 aliphatic heterocycles. The van der Waals surface area contributed by atoms with E-state index in [0.717, 1.165) is 5.56 Å². The average Bonchev–Trinajstić information content (AvgIpc) is 2.30. The average molecular weight is 253 g/mol. The zero-order valence-electron chi connectivity index (χ0n) is 10.4. The van der Waals surface area contributed by atoms with E-state index in [4.69, 9.17) is 17.0 Å². The summed E-state index contributed by atoms with van der Waals surface area (Å²) < 4.78 is 5.04. The molecule has 0 saturated carbocycles. The van der Waals surface area contributed by atoms with Crippen LogP contribution in [0.5, 0.6) is 0 Å². The quantitative estimate of drug-likeness (QED) is 0.781. The van der Waals surface area contributed by atoms with Crippen molar-refractivity contribution in [1.82, 2.24) is 15.6 Å². The van der Waals surface area contributed by atoms with Crippen molar-refractivity contribution < 1.29 is 4.74 Å². The molecule has 2 N–H and O–H groups in total. The molecule has 0 aliphatic carbocycles. The summed E-state index contributed by atoms with van der Waals surface area (Å²) in [6, 6.07) is 4.30. The zero-order valence-corrected chi connectivity index (χ0v) is 11.3. The summed E-state index contributed by atoms with van der Waals surface area (Å²) in [5.74, 6) is 0. The van der Waals surface area contributed by atoms with Crippen LogP contribution in [0.3, 0.4) is 0 Å². The Bertz CT molecular complexity index is 345. The van der Waals surface area contributed by atoms with Crippen LogP contribution in [0.25, 0.3) is 0 Å². The van der Waals surface area contributed by atoms with Crippen LogP contribution in [-0.2, 0) is 4.74 Å². The summed E-state index contributed by atoms with van der Waals surface area (Å²) in [6.45, 7) is 4.71. The fourth-order valence-corrected chi connectivity index (χ4v) is 1.87. The number of aromatic nitrogens is 1. The fraction of sp³-hybridized carbons (Fsp3) is 0.500. The SMILES string of the molecule is COCC(C)NC(=S)NC(C)c1ccncc1. The first-order chi connectivity index (χ1) is 8.13. The van der Waals surface area contributed by atoms with Crippen molar-refractivity contribution in [1.29, 1.82) is 0 Å². The molecule has 0 amide bonds. The molecule has 0 aromatic carbocycles. The van der Waals surface area contributed by atoms with E-state index in [1.54, 1.807) is 19.5 Å². The van der Waals surface area contributed by atoms with Gasteiger partial charge in [-0.3, -0.25) is 4.98 Å². The summed E-state index contributed by atoms with van der Waals surface area (Å²) >= 11 is 5.23. The first kappa shape index (κ1) is 13.9. The molecule has 17 heavy (non-hydrogen) atoms. The van der Waals surface area contributed by atoms with Crippen molar-refractivity contribution in [3.63, 3.8) is 0 Å². The number of hydrogen-bond donors (Lipinski definition) is 2. The number of methoxy groups -OCH3 is 1. The van der Waals surface area contributed by atoms with E-state index in [2.05, 4.69) is 22.5 Å². The van der Waals surface area contributed by atoms with E-state index in [1.807, 2.05) is 19.1 Å². The second-order valence-corrected chi connectivity index (χ2v) is 4.38. The molecule has 0 spiro atoms. The molecule has 0 bridgehead atoms. The van der Waals surface area contributed by atoms with Gasteiger partial charge in [0.05, 0.1) is 12.6 Å². The third kappa shape index (κ3) is 5.10. The van der Waals surface area contributed by atoms with Crippen LogP contribution in [0.15, 0.2) is 24.5 Å². The van der Waals surface area contributed by atoms with Gasteiger partial charge >= 0.3 is 0 Å². The van der Waals surface area contributed by atoms with Crippen molar-refractivity contribution in [2.24, 2.45) is 0 Å². The summed E-state index contributed by atoms with van der Waals surface area (Å²) in [6.07, 6.45) is 3.55. The Balaban J connectivity index is 2.41. The molecule has 0 saturated heterocycles. The van der Waals surface area contributed by atoms with Crippen LogP contribution in [0, 0.1) is 0 Å². The lowest BCUT2D eigenvalue weighted by Crippen LogP contribution is -2.43. The molecule has 94 valence electrons. The van der Waals surface area contributed by atoms with Gasteiger partial charge in [-0.2, -0.15) is 0 Å². The summed E-state index contributed by atoms with van der Waals surface area (Å²) in [5.41, 5.74) is 1.16. The van der Waals surface area contributed by atoms with Crippen molar-refractivity contribution in [3.8, 4) is 0 Å². The molecule has 1 aromatic rings. The number of thiocarbonyl (C=S) groups is 1. The minimum Gasteiger partial charge on any atom is -0.383 e. The first-order valence-corrected chi connectivity index (χ1v) is 6.00. The Morgan fingerprint density at radius 1 is 1.35 bits per heavy atom. The third-order valence-corrected chi connectivity index (χ3v) is 2.58. The van der Waals surface area contributed by atoms with Gasteiger partial charge in [-0.1, -0.05) is 0 Å². The standard InChI is InChI=1S/C12H19N3OS/c1-9(8-16-3)14-12(17)15-10(2)11-4-6-13-7-5-11/h4-7,9-10H,8H2,1-3H3,(H2,14,15,17). The highest BCUT2D eigenvalue weighted by atomic mass is 32.1. The van der Waals surface area contributed by atoms with Crippen molar-refractivity contribution in [2.45, 2.75) is 25.9 Å². The van der Waals surface area contributed by atoms with E-state index in [1.165, 1.54) is 0 Å². The van der Waals surface area contributed by atoms with Crippen LogP contribution >= 0.6 is 12.2 Å². The van der Waals surface area contributed by atoms with E-state index in [0.29, 0.717) is 11.7 Å². The minimum absolute atomic E-state index is 0.160. The summed E-state index contributed by atoms with van der Waals surface area (Å²) in [5, 5.41) is 7.02. The van der Waals surface area contributed by atoms with Crippen LogP contribution in [0.1, 0.15) is 25.5 Å². The van der Waals surface area contributed by atoms with Gasteiger partial charge < -0.3 is 15.4 Å². The second kappa shape index (κ2) is 7.19. The highest BCUT2D eigenvalue weighted by Gasteiger charge is 2.08. The lowest BCUT2D eigenvalue weighted by Gasteiger charge is -2.20. The Kier molecular flexibility index (Phi) is 5.86. The van der Waals surface area contributed by atoms with Crippen LogP contribution < -0.4 is 10.6 Å². The smallest absolute Gasteiger partial charge is 0.167 e. The molecule has 4 nitrogen and oxygen atoms in total. The van der Waals surface area contributed by atoms with Gasteiger partial charge in [-0.25, -0.2) is 0 Å². The predicted octanol–water partition coefficient (Wildman–Crippen LogP) is 1.64. The molecular weight excluding hydrogens is 234 g/mol. The molecule has 0 radical (unpaired) electrons. The van der Waals surface area contributed by atoms with Gasteiger partial charge in [0.25, 0.3) is 0 Å². The van der Waals surface area contributed by atoms with E-state index < -0.39 is 0 Å². The molecule has 2 atom stereocenters. The summed E-state index contributed by atoms with van der Waals surface area (Å²) in [4.78, 5) is 3.99. The molecule has 1 rings (SSSR count). The third-order valence-electron chi connectivity index (χ3n) is 2.35. The van der Waals surface area contributed by atoms with E-state index >= 15 is 0 Å². The van der Waals surface area contributed by atoms with Gasteiger partial charge in [0, 0.05) is 25.5 Å². The van der Waals surface area contributed by atoms with Gasteiger partial charge in [-0.15, -0.1) is 0 Å². The Morgan fingerprint density at radius 3 is 2.59 bits per heavy atom. The zero-order chi connectivity index (χ0) is 12.7. The van der Waals surface area contributed by atoms with E-state index in [9.17, 15) is 0 Å². The Morgan fingerprint density at radius 2 is 2.00 bits per heavy atom. The second-order valence-electron chi connectivity index (χ2n) is 3.98. The molecule has 1 aromatic heterocycles. The lowest BCUT2D eigenvalue weighted by molar-refractivity contribution is 0.179. The highest BCUT2D eigenvalue weighted by Crippen LogP contribution is 2.09. The Hall–Kier alpha value is -1.20. The largest absolute Gasteiger partial charge is 0.383 e. The highest BCUT2D eigenvalue weighted by molar-refractivity contribution is 7.80. The van der Waals surface area contributed by atoms with Crippen LogP contribution in [0.4, 0.5) is 0 Å². The van der Waals surface area contributed by atoms with Gasteiger partial charge in [0.2, 0.25) is 0 Å². The molecule has 2 unspecified atom stereocenters. The fourth-order valence-electron chi connectivity index (χ4n) is 1.49. The van der Waals surface area contributed by atoms with Crippen molar-refractivity contribution in [2.75, 3.05) is 13.7 Å². The maximum absolute atomic E-state index is 5.23. The molecule has 1 heterocycles. The molecule has 5 heteroatoms. The van der Waals surface area contributed by atoms with Gasteiger partial charge in [0.1, 0.15) is 0 Å². The number of nitrogens with zero attached hydrogens (tertiary/aromatic N) is 1. The normalized spacial score (nSPS) is 13.8.